The van der Waals surface area contributed by atoms with E-state index in [0.717, 1.165) is 12.8 Å². The summed E-state index contributed by atoms with van der Waals surface area (Å²) >= 11 is 0. The Morgan fingerprint density at radius 1 is 1.50 bits per heavy atom. The largest absolute Gasteiger partial charge is 0.481 e. The highest BCUT2D eigenvalue weighted by molar-refractivity contribution is 5.66. The lowest BCUT2D eigenvalue weighted by molar-refractivity contribution is -0.137. The van der Waals surface area contributed by atoms with Crippen LogP contribution in [-0.2, 0) is 4.79 Å². The van der Waals surface area contributed by atoms with Gasteiger partial charge in [-0.15, -0.1) is 0 Å². The van der Waals surface area contributed by atoms with Crippen LogP contribution in [0.5, 0.6) is 0 Å². The molecule has 2 heteroatoms. The topological polar surface area (TPSA) is 37.3 Å². The molecule has 0 amide bonds. The third-order valence-corrected chi connectivity index (χ3v) is 1.75. The maximum Gasteiger partial charge on any atom is 0.303 e. The van der Waals surface area contributed by atoms with Gasteiger partial charge >= 0.3 is 5.97 Å². The molecule has 0 aliphatic heterocycles. The molecule has 0 saturated carbocycles. The number of allylic oxidation sites excluding steroid dienone is 2. The Kier molecular flexibility index (Phi) is 5.43. The summed E-state index contributed by atoms with van der Waals surface area (Å²) in [7, 11) is 0. The normalized spacial score (nSPS) is 14.4. The summed E-state index contributed by atoms with van der Waals surface area (Å²) < 4.78 is 0. The fourth-order valence-electron chi connectivity index (χ4n) is 1.35. The molecule has 0 aromatic heterocycles. The fourth-order valence-corrected chi connectivity index (χ4v) is 1.35. The van der Waals surface area contributed by atoms with Gasteiger partial charge in [0.1, 0.15) is 0 Å². The molecule has 0 spiro atoms. The molecular formula is C10H18O2. The molecular weight excluding hydrogens is 152 g/mol. The Labute approximate surface area is 74.3 Å². The first-order chi connectivity index (χ1) is 5.56. The second-order valence-corrected chi connectivity index (χ2v) is 3.37. The van der Waals surface area contributed by atoms with Crippen LogP contribution in [0.15, 0.2) is 11.6 Å². The number of carbonyl (C=O) groups is 1. The van der Waals surface area contributed by atoms with Crippen molar-refractivity contribution in [2.45, 2.75) is 40.0 Å². The lowest BCUT2D eigenvalue weighted by Crippen LogP contribution is -2.04. The van der Waals surface area contributed by atoms with E-state index in [2.05, 4.69) is 19.9 Å². The molecule has 70 valence electrons. The third-order valence-electron chi connectivity index (χ3n) is 1.75. The van der Waals surface area contributed by atoms with Gasteiger partial charge in [-0.2, -0.15) is 0 Å². The lowest BCUT2D eigenvalue weighted by Gasteiger charge is -2.07. The highest BCUT2D eigenvalue weighted by Crippen LogP contribution is 2.14. The van der Waals surface area contributed by atoms with Crippen molar-refractivity contribution in [3.8, 4) is 0 Å². The second kappa shape index (κ2) is 5.81. The van der Waals surface area contributed by atoms with E-state index in [1.807, 2.05) is 6.92 Å². The molecule has 12 heavy (non-hydrogen) atoms. The first kappa shape index (κ1) is 11.2. The van der Waals surface area contributed by atoms with Gasteiger partial charge < -0.3 is 5.11 Å². The number of aliphatic carboxylic acids is 1. The molecule has 1 atom stereocenters. The van der Waals surface area contributed by atoms with E-state index in [1.54, 1.807) is 0 Å². The Morgan fingerprint density at radius 3 is 2.50 bits per heavy atom. The zero-order valence-electron chi connectivity index (χ0n) is 8.13. The number of hydrogen-bond acceptors (Lipinski definition) is 1. The van der Waals surface area contributed by atoms with Gasteiger partial charge in [-0.05, 0) is 25.7 Å². The summed E-state index contributed by atoms with van der Waals surface area (Å²) in [5.41, 5.74) is 1.30. The smallest absolute Gasteiger partial charge is 0.303 e. The third kappa shape index (κ3) is 5.96. The maximum atomic E-state index is 10.3. The number of carboxylic acid groups (broad SMARTS) is 1. The minimum absolute atomic E-state index is 0.255. The van der Waals surface area contributed by atoms with Crippen LogP contribution in [0.3, 0.4) is 0 Å². The van der Waals surface area contributed by atoms with Crippen LogP contribution in [0.2, 0.25) is 0 Å². The van der Waals surface area contributed by atoms with Gasteiger partial charge in [0.2, 0.25) is 0 Å². The summed E-state index contributed by atoms with van der Waals surface area (Å²) in [6.45, 7) is 6.12. The maximum absolute atomic E-state index is 10.3. The van der Waals surface area contributed by atoms with E-state index in [4.69, 9.17) is 5.11 Å². The molecule has 0 aromatic carbocycles. The van der Waals surface area contributed by atoms with E-state index in [-0.39, 0.29) is 12.3 Å². The van der Waals surface area contributed by atoms with E-state index < -0.39 is 5.97 Å². The first-order valence-electron chi connectivity index (χ1n) is 4.43. The van der Waals surface area contributed by atoms with Crippen molar-refractivity contribution in [2.75, 3.05) is 0 Å². The van der Waals surface area contributed by atoms with E-state index >= 15 is 0 Å². The Balaban J connectivity index is 3.75. The van der Waals surface area contributed by atoms with Gasteiger partial charge in [0, 0.05) is 6.42 Å². The zero-order valence-corrected chi connectivity index (χ0v) is 8.13. The van der Waals surface area contributed by atoms with Gasteiger partial charge in [0.15, 0.2) is 0 Å². The molecule has 0 rings (SSSR count). The van der Waals surface area contributed by atoms with Crippen molar-refractivity contribution in [1.82, 2.24) is 0 Å². The van der Waals surface area contributed by atoms with Crippen LogP contribution in [0.4, 0.5) is 0 Å². The van der Waals surface area contributed by atoms with Gasteiger partial charge in [-0.25, -0.2) is 0 Å². The first-order valence-corrected chi connectivity index (χ1v) is 4.43. The lowest BCUT2D eigenvalue weighted by atomic mass is 9.98. The average Bonchev–Trinajstić information content (AvgIpc) is 1.84. The number of hydrogen-bond donors (Lipinski definition) is 1. The predicted octanol–water partition coefficient (Wildman–Crippen LogP) is 2.84. The van der Waals surface area contributed by atoms with Crippen molar-refractivity contribution in [1.29, 1.82) is 0 Å². The summed E-state index contributed by atoms with van der Waals surface area (Å²) in [4.78, 5) is 10.3. The second-order valence-electron chi connectivity index (χ2n) is 3.37. The highest BCUT2D eigenvalue weighted by atomic mass is 16.4. The Morgan fingerprint density at radius 2 is 2.08 bits per heavy atom. The monoisotopic (exact) mass is 170 g/mol. The predicted molar refractivity (Wildman–Crippen MR) is 50.1 cm³/mol. The molecule has 0 aromatic rings. The van der Waals surface area contributed by atoms with Crippen molar-refractivity contribution < 1.29 is 9.90 Å². The fraction of sp³-hybridized carbons (Fsp3) is 0.700. The summed E-state index contributed by atoms with van der Waals surface area (Å²) in [6, 6.07) is 0. The molecule has 2 nitrogen and oxygen atoms in total. The standard InChI is InChI=1S/C10H18O2/c1-4-5-8(2)6-9(3)7-10(11)12/h5,9H,4,6-7H2,1-3H3,(H,11,12)/b8-5+. The number of rotatable bonds is 5. The molecule has 0 aliphatic rings. The zero-order chi connectivity index (χ0) is 9.56. The summed E-state index contributed by atoms with van der Waals surface area (Å²) in [5, 5.41) is 8.51. The molecule has 1 N–H and O–H groups in total. The van der Waals surface area contributed by atoms with Gasteiger partial charge in [0.05, 0.1) is 0 Å². The Bertz CT molecular complexity index is 171. The minimum atomic E-state index is -0.702. The SMILES string of the molecule is CC/C=C(\C)CC(C)CC(=O)O. The van der Waals surface area contributed by atoms with Crippen LogP contribution < -0.4 is 0 Å². The number of carboxylic acids is 1. The van der Waals surface area contributed by atoms with E-state index in [9.17, 15) is 4.79 Å². The molecule has 1 unspecified atom stereocenters. The average molecular weight is 170 g/mol. The minimum Gasteiger partial charge on any atom is -0.481 e. The van der Waals surface area contributed by atoms with E-state index in [1.165, 1.54) is 5.57 Å². The highest BCUT2D eigenvalue weighted by Gasteiger charge is 2.07. The van der Waals surface area contributed by atoms with Gasteiger partial charge in [0.25, 0.3) is 0 Å². The van der Waals surface area contributed by atoms with Crippen molar-refractivity contribution in [3.63, 3.8) is 0 Å². The molecule has 0 saturated heterocycles. The van der Waals surface area contributed by atoms with E-state index in [0.29, 0.717) is 0 Å². The molecule has 0 bridgehead atoms. The Hall–Kier alpha value is -0.790. The van der Waals surface area contributed by atoms with Crippen LogP contribution >= 0.6 is 0 Å². The van der Waals surface area contributed by atoms with Crippen LogP contribution in [-0.4, -0.2) is 11.1 Å². The quantitative estimate of drug-likeness (QED) is 0.644. The van der Waals surface area contributed by atoms with Crippen LogP contribution in [0.1, 0.15) is 40.0 Å². The van der Waals surface area contributed by atoms with Gasteiger partial charge in [-0.3, -0.25) is 4.79 Å². The molecule has 0 radical (unpaired) electrons. The van der Waals surface area contributed by atoms with Crippen LogP contribution in [0.25, 0.3) is 0 Å². The molecule has 0 aliphatic carbocycles. The van der Waals surface area contributed by atoms with Crippen molar-refractivity contribution >= 4 is 5.97 Å². The summed E-state index contributed by atoms with van der Waals surface area (Å²) in [5.74, 6) is -0.447. The van der Waals surface area contributed by atoms with Crippen LogP contribution in [0, 0.1) is 5.92 Å². The van der Waals surface area contributed by atoms with Crippen molar-refractivity contribution in [3.05, 3.63) is 11.6 Å². The molecule has 0 heterocycles. The summed E-state index contributed by atoms with van der Waals surface area (Å²) in [6.07, 6.45) is 4.36. The van der Waals surface area contributed by atoms with Gasteiger partial charge in [-0.1, -0.05) is 25.5 Å². The molecule has 0 fully saturated rings. The van der Waals surface area contributed by atoms with Crippen molar-refractivity contribution in [2.24, 2.45) is 5.92 Å².